The summed E-state index contributed by atoms with van der Waals surface area (Å²) in [7, 11) is 0. The van der Waals surface area contributed by atoms with E-state index in [1.807, 2.05) is 0 Å². The van der Waals surface area contributed by atoms with Crippen LogP contribution >= 0.6 is 23.2 Å². The quantitative estimate of drug-likeness (QED) is 0.748. The second-order valence-corrected chi connectivity index (χ2v) is 6.88. The summed E-state index contributed by atoms with van der Waals surface area (Å²) in [4.78, 5) is 25.1. The molecule has 130 valence electrons. The van der Waals surface area contributed by atoms with Gasteiger partial charge in [-0.1, -0.05) is 23.2 Å². The van der Waals surface area contributed by atoms with E-state index in [0.717, 1.165) is 5.56 Å². The number of anilines is 2. The Labute approximate surface area is 154 Å². The van der Waals surface area contributed by atoms with Gasteiger partial charge in [0.15, 0.2) is 0 Å². The molecule has 2 aromatic carbocycles. The molecule has 0 bridgehead atoms. The van der Waals surface area contributed by atoms with E-state index in [4.69, 9.17) is 23.2 Å². The van der Waals surface area contributed by atoms with Crippen molar-refractivity contribution in [1.82, 2.24) is 0 Å². The van der Waals surface area contributed by atoms with Gasteiger partial charge in [0.05, 0.1) is 0 Å². The minimum Gasteiger partial charge on any atom is -0.325 e. The van der Waals surface area contributed by atoms with Gasteiger partial charge in [0.2, 0.25) is 11.8 Å². The molecule has 1 fully saturated rings. The number of rotatable bonds is 4. The molecular formula is C18H15Cl2FN2O2. The third-order valence-electron chi connectivity index (χ3n) is 4.26. The van der Waals surface area contributed by atoms with Crippen LogP contribution in [0.25, 0.3) is 0 Å². The van der Waals surface area contributed by atoms with E-state index < -0.39 is 23.0 Å². The van der Waals surface area contributed by atoms with Crippen LogP contribution < -0.4 is 10.6 Å². The van der Waals surface area contributed by atoms with Crippen molar-refractivity contribution in [3.05, 3.63) is 57.8 Å². The highest BCUT2D eigenvalue weighted by atomic mass is 35.5. The van der Waals surface area contributed by atoms with Gasteiger partial charge in [0, 0.05) is 21.4 Å². The van der Waals surface area contributed by atoms with Gasteiger partial charge >= 0.3 is 0 Å². The van der Waals surface area contributed by atoms with Crippen molar-refractivity contribution in [2.24, 2.45) is 5.41 Å². The molecule has 1 aliphatic rings. The number of carbonyl (C=O) groups is 2. The van der Waals surface area contributed by atoms with Crippen LogP contribution in [0.1, 0.15) is 18.4 Å². The predicted octanol–water partition coefficient (Wildman–Crippen LogP) is 4.80. The van der Waals surface area contributed by atoms with Crippen LogP contribution in [0.5, 0.6) is 0 Å². The second kappa shape index (κ2) is 6.65. The van der Waals surface area contributed by atoms with E-state index >= 15 is 0 Å². The molecule has 0 aliphatic heterocycles. The number of hydrogen-bond acceptors (Lipinski definition) is 2. The maximum atomic E-state index is 12.9. The predicted molar refractivity (Wildman–Crippen MR) is 96.5 cm³/mol. The molecule has 2 N–H and O–H groups in total. The van der Waals surface area contributed by atoms with Crippen LogP contribution in [0, 0.1) is 18.2 Å². The number of hydrogen-bond donors (Lipinski definition) is 2. The third kappa shape index (κ3) is 3.62. The zero-order valence-corrected chi connectivity index (χ0v) is 14.8. The summed E-state index contributed by atoms with van der Waals surface area (Å²) in [6.07, 6.45) is 0.887. The maximum absolute atomic E-state index is 12.9. The molecule has 0 unspecified atom stereocenters. The van der Waals surface area contributed by atoms with E-state index in [0.29, 0.717) is 34.3 Å². The first-order chi connectivity index (χ1) is 11.8. The Morgan fingerprint density at radius 2 is 1.44 bits per heavy atom. The summed E-state index contributed by atoms with van der Waals surface area (Å²) in [5.74, 6) is -1.23. The molecule has 1 saturated carbocycles. The van der Waals surface area contributed by atoms with Gasteiger partial charge in [-0.15, -0.1) is 0 Å². The lowest BCUT2D eigenvalue weighted by molar-refractivity contribution is -0.131. The molecule has 0 radical (unpaired) electrons. The highest BCUT2D eigenvalue weighted by molar-refractivity contribution is 6.36. The first-order valence-corrected chi connectivity index (χ1v) is 8.41. The highest BCUT2D eigenvalue weighted by Gasteiger charge is 2.56. The summed E-state index contributed by atoms with van der Waals surface area (Å²) < 4.78 is 12.9. The fourth-order valence-corrected chi connectivity index (χ4v) is 2.92. The van der Waals surface area contributed by atoms with Crippen molar-refractivity contribution in [2.75, 3.05) is 10.6 Å². The Balaban J connectivity index is 1.73. The number of amides is 2. The molecule has 0 aromatic heterocycles. The highest BCUT2D eigenvalue weighted by Crippen LogP contribution is 2.47. The zero-order valence-electron chi connectivity index (χ0n) is 13.3. The number of carbonyl (C=O) groups excluding carboxylic acids is 2. The zero-order chi connectivity index (χ0) is 18.2. The fraction of sp³-hybridized carbons (Fsp3) is 0.222. The van der Waals surface area contributed by atoms with Gasteiger partial charge in [-0.3, -0.25) is 9.59 Å². The van der Waals surface area contributed by atoms with Gasteiger partial charge in [0.1, 0.15) is 11.2 Å². The van der Waals surface area contributed by atoms with Crippen molar-refractivity contribution in [3.63, 3.8) is 0 Å². The SMILES string of the molecule is Cc1c(Cl)cc(NC(=O)C2(C(=O)Nc3ccc(F)cc3)CC2)cc1Cl. The average Bonchev–Trinajstić information content (AvgIpc) is 3.36. The number of nitrogens with one attached hydrogen (secondary N) is 2. The lowest BCUT2D eigenvalue weighted by Gasteiger charge is -2.16. The Morgan fingerprint density at radius 1 is 0.960 bits per heavy atom. The molecule has 0 spiro atoms. The van der Waals surface area contributed by atoms with Gasteiger partial charge < -0.3 is 10.6 Å². The standard InChI is InChI=1S/C18H15Cl2FN2O2/c1-10-14(19)8-13(9-15(10)20)23-17(25)18(6-7-18)16(24)22-12-4-2-11(21)3-5-12/h2-5,8-9H,6-7H2,1H3,(H,22,24)(H,23,25). The minimum atomic E-state index is -1.13. The largest absolute Gasteiger partial charge is 0.325 e. The summed E-state index contributed by atoms with van der Waals surface area (Å²) in [6, 6.07) is 8.56. The lowest BCUT2D eigenvalue weighted by Crippen LogP contribution is -2.35. The van der Waals surface area contributed by atoms with Crippen molar-refractivity contribution in [2.45, 2.75) is 19.8 Å². The van der Waals surface area contributed by atoms with Crippen LogP contribution in [0.2, 0.25) is 10.0 Å². The maximum Gasteiger partial charge on any atom is 0.240 e. The average molecular weight is 381 g/mol. The minimum absolute atomic E-state index is 0.398. The van der Waals surface area contributed by atoms with Gasteiger partial charge in [0.25, 0.3) is 0 Å². The molecular weight excluding hydrogens is 366 g/mol. The molecule has 0 heterocycles. The Kier molecular flexibility index (Phi) is 4.71. The smallest absolute Gasteiger partial charge is 0.240 e. The molecule has 2 aromatic rings. The van der Waals surface area contributed by atoms with Crippen molar-refractivity contribution in [3.8, 4) is 0 Å². The van der Waals surface area contributed by atoms with E-state index in [-0.39, 0.29) is 0 Å². The molecule has 2 amide bonds. The van der Waals surface area contributed by atoms with Gasteiger partial charge in [-0.25, -0.2) is 4.39 Å². The molecule has 4 nitrogen and oxygen atoms in total. The molecule has 1 aliphatic carbocycles. The van der Waals surface area contributed by atoms with Gasteiger partial charge in [-0.2, -0.15) is 0 Å². The summed E-state index contributed by atoms with van der Waals surface area (Å²) in [5.41, 5.74) is 0.466. The molecule has 0 saturated heterocycles. The summed E-state index contributed by atoms with van der Waals surface area (Å²) >= 11 is 12.1. The van der Waals surface area contributed by atoms with Crippen LogP contribution in [0.3, 0.4) is 0 Å². The van der Waals surface area contributed by atoms with Gasteiger partial charge in [-0.05, 0) is 61.7 Å². The van der Waals surface area contributed by atoms with Crippen molar-refractivity contribution in [1.29, 1.82) is 0 Å². The van der Waals surface area contributed by atoms with Crippen LogP contribution in [0.4, 0.5) is 15.8 Å². The Morgan fingerprint density at radius 3 is 1.92 bits per heavy atom. The van der Waals surface area contributed by atoms with E-state index in [1.54, 1.807) is 19.1 Å². The third-order valence-corrected chi connectivity index (χ3v) is 5.05. The van der Waals surface area contributed by atoms with Crippen LogP contribution in [-0.2, 0) is 9.59 Å². The van der Waals surface area contributed by atoms with Crippen molar-refractivity contribution >= 4 is 46.4 Å². The van der Waals surface area contributed by atoms with E-state index in [2.05, 4.69) is 10.6 Å². The molecule has 0 atom stereocenters. The Hall–Kier alpha value is -2.11. The number of halogens is 3. The normalized spacial score (nSPS) is 14.7. The van der Waals surface area contributed by atoms with Crippen molar-refractivity contribution < 1.29 is 14.0 Å². The van der Waals surface area contributed by atoms with Crippen LogP contribution in [-0.4, -0.2) is 11.8 Å². The summed E-state index contributed by atoms with van der Waals surface area (Å²) in [5, 5.41) is 6.22. The van der Waals surface area contributed by atoms with E-state index in [1.165, 1.54) is 24.3 Å². The molecule has 3 rings (SSSR count). The fourth-order valence-electron chi connectivity index (χ4n) is 2.43. The Bertz CT molecular complexity index is 826. The second-order valence-electron chi connectivity index (χ2n) is 6.06. The number of benzene rings is 2. The summed E-state index contributed by atoms with van der Waals surface area (Å²) in [6.45, 7) is 1.77. The lowest BCUT2D eigenvalue weighted by atomic mass is 10.0. The van der Waals surface area contributed by atoms with E-state index in [9.17, 15) is 14.0 Å². The monoisotopic (exact) mass is 380 g/mol. The first kappa shape index (κ1) is 17.7. The topological polar surface area (TPSA) is 58.2 Å². The molecule has 7 heteroatoms. The first-order valence-electron chi connectivity index (χ1n) is 7.66. The molecule has 25 heavy (non-hydrogen) atoms. The van der Waals surface area contributed by atoms with Crippen LogP contribution in [0.15, 0.2) is 36.4 Å².